The Labute approximate surface area is 337 Å². The molecule has 0 spiro atoms. The first kappa shape index (κ1) is 44.5. The minimum atomic E-state index is -1.06. The molecule has 6 fully saturated rings. The van der Waals surface area contributed by atoms with Crippen molar-refractivity contribution in [2.75, 3.05) is 19.8 Å². The van der Waals surface area contributed by atoms with Gasteiger partial charge in [0, 0.05) is 48.6 Å². The van der Waals surface area contributed by atoms with Crippen LogP contribution in [0.2, 0.25) is 0 Å². The van der Waals surface area contributed by atoms with E-state index in [9.17, 15) is 15.3 Å². The molecule has 0 aromatic heterocycles. The van der Waals surface area contributed by atoms with Crippen molar-refractivity contribution >= 4 is 24.1 Å². The van der Waals surface area contributed by atoms with Crippen molar-refractivity contribution in [2.45, 2.75) is 174 Å². The van der Waals surface area contributed by atoms with Gasteiger partial charge in [0.25, 0.3) is 0 Å². The first-order valence-electron chi connectivity index (χ1n) is 20.5. The number of piperidine rings is 1. The summed E-state index contributed by atoms with van der Waals surface area (Å²) in [7, 11) is 0. The third-order valence-electron chi connectivity index (χ3n) is 13.2. The number of aliphatic hydroxyl groups excluding tert-OH is 3. The van der Waals surface area contributed by atoms with Gasteiger partial charge in [-0.25, -0.2) is 10.5 Å². The zero-order valence-electron chi connectivity index (χ0n) is 32.1. The smallest absolute Gasteiger partial charge is 0.111 e. The Morgan fingerprint density at radius 2 is 1.43 bits per heavy atom. The van der Waals surface area contributed by atoms with E-state index in [1.165, 1.54) is 0 Å². The minimum Gasteiger partial charge on any atom is -0.394 e. The van der Waals surface area contributed by atoms with Gasteiger partial charge in [-0.15, -0.1) is 8.67 Å². The van der Waals surface area contributed by atoms with E-state index in [0.29, 0.717) is 38.0 Å². The number of rotatable bonds is 16. The van der Waals surface area contributed by atoms with Gasteiger partial charge in [-0.05, 0) is 107 Å². The van der Waals surface area contributed by atoms with Gasteiger partial charge in [-0.1, -0.05) is 17.0 Å². The van der Waals surface area contributed by atoms with E-state index in [2.05, 4.69) is 31.8 Å². The Morgan fingerprint density at radius 1 is 0.732 bits per heavy atom. The van der Waals surface area contributed by atoms with Crippen molar-refractivity contribution in [1.29, 1.82) is 0 Å². The summed E-state index contributed by atoms with van der Waals surface area (Å²) in [4.78, 5) is 0. The van der Waals surface area contributed by atoms with Gasteiger partial charge in [-0.3, -0.25) is 0 Å². The lowest BCUT2D eigenvalue weighted by Gasteiger charge is -2.46. The first-order chi connectivity index (χ1) is 27.2. The molecule has 21 heteroatoms. The Kier molecular flexibility index (Phi) is 17.5. The number of nitrogens with zero attached hydrogens (tertiary/aromatic N) is 6. The number of hydrogen-bond acceptors (Lipinski definition) is 21. The van der Waals surface area contributed by atoms with E-state index in [-0.39, 0.29) is 77.2 Å². The van der Waals surface area contributed by atoms with E-state index in [1.54, 1.807) is 0 Å². The summed E-state index contributed by atoms with van der Waals surface area (Å²) in [5.41, 5.74) is 12.7. The van der Waals surface area contributed by atoms with Crippen LogP contribution in [-0.4, -0.2) is 129 Å². The molecule has 5 aliphatic carbocycles. The van der Waals surface area contributed by atoms with Crippen LogP contribution in [0.15, 0.2) is 30.7 Å². The minimum absolute atomic E-state index is 0.00116. The van der Waals surface area contributed by atoms with E-state index < -0.39 is 37.0 Å². The second-order valence-electron chi connectivity index (χ2n) is 16.9. The zero-order valence-corrected chi connectivity index (χ0v) is 33.8. The average Bonchev–Trinajstić information content (AvgIpc) is 3.21. The molecule has 6 rings (SSSR count). The van der Waals surface area contributed by atoms with Crippen molar-refractivity contribution in [3.8, 4) is 0 Å². The van der Waals surface area contributed by atoms with Gasteiger partial charge in [0.15, 0.2) is 0 Å². The molecule has 19 nitrogen and oxygen atoms in total. The fourth-order valence-corrected chi connectivity index (χ4v) is 11.5. The Balaban J connectivity index is 1.12. The maximum Gasteiger partial charge on any atom is 0.111 e. The molecule has 0 radical (unpaired) electrons. The lowest BCUT2D eigenvalue weighted by Crippen LogP contribution is -2.57. The summed E-state index contributed by atoms with van der Waals surface area (Å²) >= 11 is 1.91. The van der Waals surface area contributed by atoms with Crippen LogP contribution in [0.1, 0.15) is 90.4 Å². The number of aliphatic hydroxyl groups is 3. The van der Waals surface area contributed by atoms with Gasteiger partial charge in [0.1, 0.15) is 12.1 Å². The number of nitrogens with one attached hydrogen (secondary N) is 1. The monoisotopic (exact) mass is 833 g/mol. The Hall–Kier alpha value is -1.02. The maximum atomic E-state index is 11.9. The highest BCUT2D eigenvalue weighted by Crippen LogP contribution is 2.47. The van der Waals surface area contributed by atoms with Crippen LogP contribution >= 0.6 is 24.1 Å². The summed E-state index contributed by atoms with van der Waals surface area (Å²) in [6.45, 7) is 2.54. The van der Waals surface area contributed by atoms with Crippen molar-refractivity contribution in [2.24, 2.45) is 65.8 Å². The lowest BCUT2D eigenvalue weighted by molar-refractivity contribution is -0.432. The number of hydrogen-bond donors (Lipinski definition) is 8. The lowest BCUT2D eigenvalue weighted by atomic mass is 9.66. The highest BCUT2D eigenvalue weighted by atomic mass is 32.2. The molecule has 0 amide bonds. The largest absolute Gasteiger partial charge is 0.394 e. The molecule has 0 aromatic rings. The van der Waals surface area contributed by atoms with Gasteiger partial charge >= 0.3 is 0 Å². The summed E-state index contributed by atoms with van der Waals surface area (Å²) in [6, 6.07) is -0.852. The molecular weight excluding hydrogens is 771 g/mol. The van der Waals surface area contributed by atoms with Gasteiger partial charge < -0.3 is 36.8 Å². The van der Waals surface area contributed by atoms with Crippen molar-refractivity contribution in [3.63, 3.8) is 0 Å². The normalized spacial score (nSPS) is 44.2. The van der Waals surface area contributed by atoms with E-state index in [4.69, 9.17) is 56.6 Å². The van der Waals surface area contributed by atoms with Crippen molar-refractivity contribution < 1.29 is 49.3 Å². The molecular formula is C35H63N9O10S2. The summed E-state index contributed by atoms with van der Waals surface area (Å²) in [5, 5.41) is 89.0. The summed E-state index contributed by atoms with van der Waals surface area (Å²) in [5.74, 6) is 0.633. The standard InChI is InChI=1S/C35H63N9O10S2/c1-18-11-29(30(50-17-22(46)16-45)15-28(18)42-40-21-6-7-26(37)31(14-21)55-53-51-48)43-44-34-32(56-54-52-49)12-19-4-5-20(13-24(19)35(34)47)39-41-27-9-8-25(36)23-3-2-10-38-33(23)27/h18-35,38,45-49H,2-17,36-37H2,1H3. The highest BCUT2D eigenvalue weighted by Gasteiger charge is 2.49. The zero-order chi connectivity index (χ0) is 39.6. The molecule has 1 saturated heterocycles. The van der Waals surface area contributed by atoms with E-state index >= 15 is 0 Å². The predicted octanol–water partition coefficient (Wildman–Crippen LogP) is 3.78. The molecule has 10 N–H and O–H groups in total. The van der Waals surface area contributed by atoms with Gasteiger partial charge in [0.05, 0.1) is 66.1 Å². The van der Waals surface area contributed by atoms with Crippen LogP contribution in [0.4, 0.5) is 0 Å². The molecule has 1 heterocycles. The van der Waals surface area contributed by atoms with Gasteiger partial charge in [-0.2, -0.15) is 30.7 Å². The molecule has 18 unspecified atom stereocenters. The number of ether oxygens (including phenoxy) is 1. The molecule has 5 saturated carbocycles. The third-order valence-corrected chi connectivity index (χ3v) is 15.0. The molecule has 56 heavy (non-hydrogen) atoms. The molecule has 0 bridgehead atoms. The maximum absolute atomic E-state index is 11.9. The van der Waals surface area contributed by atoms with Crippen LogP contribution < -0.4 is 16.8 Å². The SMILES string of the molecule is CC1CC(N=NC2C(SOOO)CC3CCC(N=NC4CCC(N)C5CCCNC45)CC3C2O)C(OCC(O)CO)CC1N=NC1CCC(N)C(SOOO)C1. The highest BCUT2D eigenvalue weighted by molar-refractivity contribution is 7.95. The molecule has 0 aromatic carbocycles. The molecule has 6 aliphatic rings. The van der Waals surface area contributed by atoms with E-state index in [0.717, 1.165) is 82.0 Å². The average molecular weight is 834 g/mol. The molecule has 1 aliphatic heterocycles. The van der Waals surface area contributed by atoms with Crippen LogP contribution in [0.5, 0.6) is 0 Å². The Morgan fingerprint density at radius 3 is 2.20 bits per heavy atom. The van der Waals surface area contributed by atoms with Crippen LogP contribution in [0.3, 0.4) is 0 Å². The fourth-order valence-electron chi connectivity index (χ4n) is 10.0. The summed E-state index contributed by atoms with van der Waals surface area (Å²) < 4.78 is 15.7. The van der Waals surface area contributed by atoms with E-state index in [1.807, 2.05) is 0 Å². The quantitative estimate of drug-likeness (QED) is 0.0475. The Bertz CT molecular complexity index is 1290. The number of fused-ring (bicyclic) bond motifs is 2. The van der Waals surface area contributed by atoms with Crippen LogP contribution in [-0.2, 0) is 23.5 Å². The third kappa shape index (κ3) is 11.6. The van der Waals surface area contributed by atoms with Crippen molar-refractivity contribution in [1.82, 2.24) is 5.32 Å². The molecule has 18 atom stereocenters. The predicted molar refractivity (Wildman–Crippen MR) is 206 cm³/mol. The number of azo groups is 3. The molecule has 320 valence electrons. The van der Waals surface area contributed by atoms with Crippen molar-refractivity contribution in [3.05, 3.63) is 0 Å². The second kappa shape index (κ2) is 22.0. The number of nitrogens with two attached hydrogens (primary N) is 2. The summed E-state index contributed by atoms with van der Waals surface area (Å²) in [6.07, 6.45) is 8.06. The van der Waals surface area contributed by atoms with Crippen LogP contribution in [0, 0.1) is 23.7 Å². The second-order valence-corrected chi connectivity index (χ2v) is 18.7. The van der Waals surface area contributed by atoms with Gasteiger partial charge in [0.2, 0.25) is 0 Å². The first-order valence-corrected chi connectivity index (χ1v) is 22.1. The fraction of sp³-hybridized carbons (Fsp3) is 1.00. The van der Waals surface area contributed by atoms with Crippen LogP contribution in [0.25, 0.3) is 0 Å². The topological polar surface area (TPSA) is 286 Å².